The van der Waals surface area contributed by atoms with E-state index in [1.54, 1.807) is 0 Å². The lowest BCUT2D eigenvalue weighted by Crippen LogP contribution is -1.65. The number of allylic oxidation sites excluding steroid dienone is 6. The van der Waals surface area contributed by atoms with E-state index < -0.39 is 0 Å². The molecule has 0 unspecified atom stereocenters. The normalized spacial score (nSPS) is 29.3. The minimum atomic E-state index is 1.19. The second kappa shape index (κ2) is 4.13. The highest BCUT2D eigenvalue weighted by Crippen LogP contribution is 1.99. The predicted octanol–water partition coefficient (Wildman–Crippen LogP) is 2.64. The highest BCUT2D eigenvalue weighted by molar-refractivity contribution is 5.06. The van der Waals surface area contributed by atoms with E-state index in [0.29, 0.717) is 0 Å². The van der Waals surface area contributed by atoms with Gasteiger partial charge in [-0.3, -0.25) is 0 Å². The van der Waals surface area contributed by atoms with Gasteiger partial charge in [-0.2, -0.15) is 0 Å². The first-order valence-corrected chi connectivity index (χ1v) is 3.39. The molecule has 0 N–H and O–H groups in total. The maximum atomic E-state index is 3.03. The quantitative estimate of drug-likeness (QED) is 0.460. The largest absolute Gasteiger partial charge is 0.0845 e. The molecule has 0 heterocycles. The molecule has 0 bridgehead atoms. The standard InChI is InChI=1S/C9H11/c1-2-4-6-8-9-7-5-3-1/h1-3,7,9H,4,6,8H2/b2-1+,5-3?,9-7-. The summed E-state index contributed by atoms with van der Waals surface area (Å²) in [5, 5.41) is 0. The van der Waals surface area contributed by atoms with Crippen LogP contribution in [-0.4, -0.2) is 0 Å². The van der Waals surface area contributed by atoms with Crippen molar-refractivity contribution >= 4 is 0 Å². The van der Waals surface area contributed by atoms with Crippen LogP contribution in [0.5, 0.6) is 0 Å². The van der Waals surface area contributed by atoms with E-state index in [2.05, 4.69) is 24.3 Å². The van der Waals surface area contributed by atoms with Crippen LogP contribution in [0.2, 0.25) is 0 Å². The fourth-order valence-electron chi connectivity index (χ4n) is 0.780. The zero-order chi connectivity index (χ0) is 6.36. The smallest absolute Gasteiger partial charge is 0.0187 e. The first-order valence-electron chi connectivity index (χ1n) is 3.39. The summed E-state index contributed by atoms with van der Waals surface area (Å²) in [6.07, 6.45) is 17.0. The topological polar surface area (TPSA) is 0 Å². The second-order valence-electron chi connectivity index (χ2n) is 2.09. The Hall–Kier alpha value is -0.780. The fourth-order valence-corrected chi connectivity index (χ4v) is 0.780. The molecule has 0 spiro atoms. The molecular weight excluding hydrogens is 108 g/mol. The van der Waals surface area contributed by atoms with Crippen molar-refractivity contribution in [3.05, 3.63) is 36.5 Å². The Balaban J connectivity index is 2.45. The molecule has 47 valence electrons. The minimum Gasteiger partial charge on any atom is -0.0845 e. The van der Waals surface area contributed by atoms with E-state index in [0.717, 1.165) is 0 Å². The summed E-state index contributed by atoms with van der Waals surface area (Å²) >= 11 is 0. The Kier molecular flexibility index (Phi) is 2.91. The van der Waals surface area contributed by atoms with Crippen molar-refractivity contribution in [2.24, 2.45) is 0 Å². The van der Waals surface area contributed by atoms with Gasteiger partial charge in [0, 0.05) is 0 Å². The van der Waals surface area contributed by atoms with Crippen LogP contribution in [-0.2, 0) is 0 Å². The second-order valence-corrected chi connectivity index (χ2v) is 2.09. The molecule has 9 heavy (non-hydrogen) atoms. The molecule has 1 radical (unpaired) electrons. The van der Waals surface area contributed by atoms with Gasteiger partial charge >= 0.3 is 0 Å². The van der Waals surface area contributed by atoms with Gasteiger partial charge in [0.25, 0.3) is 0 Å². The third-order valence-electron chi connectivity index (χ3n) is 1.28. The zero-order valence-corrected chi connectivity index (χ0v) is 5.51. The zero-order valence-electron chi connectivity index (χ0n) is 5.51. The van der Waals surface area contributed by atoms with Crippen LogP contribution in [0.25, 0.3) is 0 Å². The van der Waals surface area contributed by atoms with Gasteiger partial charge in [-0.05, 0) is 25.3 Å². The summed E-state index contributed by atoms with van der Waals surface area (Å²) in [5.74, 6) is 0. The molecule has 1 rings (SSSR count). The van der Waals surface area contributed by atoms with Crippen molar-refractivity contribution in [1.82, 2.24) is 0 Å². The van der Waals surface area contributed by atoms with Crippen LogP contribution >= 0.6 is 0 Å². The molecule has 0 heteroatoms. The average molecular weight is 119 g/mol. The van der Waals surface area contributed by atoms with Gasteiger partial charge in [-0.1, -0.05) is 30.4 Å². The highest BCUT2D eigenvalue weighted by Gasteiger charge is 1.80. The molecule has 0 fully saturated rings. The molecule has 0 nitrogen and oxygen atoms in total. The van der Waals surface area contributed by atoms with E-state index in [-0.39, 0.29) is 0 Å². The summed E-state index contributed by atoms with van der Waals surface area (Å²) in [4.78, 5) is 0. The lowest BCUT2D eigenvalue weighted by molar-refractivity contribution is 0.869. The van der Waals surface area contributed by atoms with E-state index in [9.17, 15) is 0 Å². The first kappa shape index (κ1) is 6.34. The SMILES string of the molecule is [C]1=C\C=C\CCC\C=C/1. The Bertz CT molecular complexity index is 122. The van der Waals surface area contributed by atoms with Crippen molar-refractivity contribution in [1.29, 1.82) is 0 Å². The van der Waals surface area contributed by atoms with Crippen LogP contribution < -0.4 is 0 Å². The maximum Gasteiger partial charge on any atom is -0.0187 e. The highest BCUT2D eigenvalue weighted by atomic mass is 13.9. The van der Waals surface area contributed by atoms with Gasteiger partial charge in [0.1, 0.15) is 0 Å². The maximum absolute atomic E-state index is 3.03. The van der Waals surface area contributed by atoms with Gasteiger partial charge < -0.3 is 0 Å². The lowest BCUT2D eigenvalue weighted by atomic mass is 10.2. The van der Waals surface area contributed by atoms with E-state index in [1.807, 2.05) is 12.2 Å². The van der Waals surface area contributed by atoms with Crippen molar-refractivity contribution in [2.75, 3.05) is 0 Å². The summed E-state index contributed by atoms with van der Waals surface area (Å²) in [7, 11) is 0. The Morgan fingerprint density at radius 3 is 3.00 bits per heavy atom. The first-order chi connectivity index (χ1) is 4.50. The van der Waals surface area contributed by atoms with E-state index >= 15 is 0 Å². The van der Waals surface area contributed by atoms with Crippen molar-refractivity contribution < 1.29 is 0 Å². The van der Waals surface area contributed by atoms with Gasteiger partial charge in [0.15, 0.2) is 0 Å². The van der Waals surface area contributed by atoms with Crippen LogP contribution in [0.15, 0.2) is 30.4 Å². The Labute approximate surface area is 56.6 Å². The molecular formula is C9H11. The van der Waals surface area contributed by atoms with Crippen molar-refractivity contribution in [2.45, 2.75) is 19.3 Å². The lowest BCUT2D eigenvalue weighted by Gasteiger charge is -1.85. The number of rotatable bonds is 0. The summed E-state index contributed by atoms with van der Waals surface area (Å²) in [5.41, 5.74) is 0. The van der Waals surface area contributed by atoms with E-state index in [4.69, 9.17) is 0 Å². The molecule has 0 aromatic rings. The Morgan fingerprint density at radius 2 is 2.00 bits per heavy atom. The third-order valence-corrected chi connectivity index (χ3v) is 1.28. The minimum absolute atomic E-state index is 1.19. The van der Waals surface area contributed by atoms with Crippen LogP contribution in [0, 0.1) is 6.08 Å². The molecule has 1 aliphatic carbocycles. The van der Waals surface area contributed by atoms with Crippen molar-refractivity contribution in [3.8, 4) is 0 Å². The molecule has 0 saturated heterocycles. The summed E-state index contributed by atoms with van der Waals surface area (Å²) in [6, 6.07) is 0. The van der Waals surface area contributed by atoms with Crippen LogP contribution in [0.4, 0.5) is 0 Å². The van der Waals surface area contributed by atoms with Gasteiger partial charge in [-0.15, -0.1) is 0 Å². The average Bonchev–Trinajstić information content (AvgIpc) is 2.00. The number of hydrogen-bond acceptors (Lipinski definition) is 0. The molecule has 0 saturated carbocycles. The molecule has 0 aromatic carbocycles. The molecule has 0 aliphatic heterocycles. The molecule has 1 aliphatic rings. The van der Waals surface area contributed by atoms with Crippen LogP contribution in [0.3, 0.4) is 0 Å². The molecule has 0 aromatic heterocycles. The molecule has 0 amide bonds. The van der Waals surface area contributed by atoms with Gasteiger partial charge in [-0.25, -0.2) is 0 Å². The summed E-state index contributed by atoms with van der Waals surface area (Å²) < 4.78 is 0. The number of hydrogen-bond donors (Lipinski definition) is 0. The summed E-state index contributed by atoms with van der Waals surface area (Å²) in [6.45, 7) is 0. The molecule has 0 atom stereocenters. The van der Waals surface area contributed by atoms with Crippen LogP contribution in [0.1, 0.15) is 19.3 Å². The fraction of sp³-hybridized carbons (Fsp3) is 0.333. The van der Waals surface area contributed by atoms with Gasteiger partial charge in [0.2, 0.25) is 0 Å². The predicted molar refractivity (Wildman–Crippen MR) is 39.9 cm³/mol. The monoisotopic (exact) mass is 119 g/mol. The third kappa shape index (κ3) is 2.91. The van der Waals surface area contributed by atoms with E-state index in [1.165, 1.54) is 19.3 Å². The Morgan fingerprint density at radius 1 is 1.11 bits per heavy atom. The van der Waals surface area contributed by atoms with Gasteiger partial charge in [0.05, 0.1) is 0 Å². The van der Waals surface area contributed by atoms with Crippen molar-refractivity contribution in [3.63, 3.8) is 0 Å².